The fourth-order valence-electron chi connectivity index (χ4n) is 2.21. The van der Waals surface area contributed by atoms with Crippen molar-refractivity contribution in [1.82, 2.24) is 4.90 Å². The van der Waals surface area contributed by atoms with Gasteiger partial charge in [0, 0.05) is 19.0 Å². The van der Waals surface area contributed by atoms with E-state index >= 15 is 0 Å². The summed E-state index contributed by atoms with van der Waals surface area (Å²) in [6.07, 6.45) is 4.68. The lowest BCUT2D eigenvalue weighted by molar-refractivity contribution is -0.000516. The lowest BCUT2D eigenvalue weighted by Crippen LogP contribution is -2.37. The lowest BCUT2D eigenvalue weighted by Gasteiger charge is -2.29. The average molecular weight is 230 g/mol. The molecule has 0 N–H and O–H groups in total. The summed E-state index contributed by atoms with van der Waals surface area (Å²) in [5.41, 5.74) is 0. The number of nitriles is 1. The van der Waals surface area contributed by atoms with Gasteiger partial charge in [-0.05, 0) is 26.3 Å². The second kappa shape index (κ2) is 6.15. The van der Waals surface area contributed by atoms with Crippen LogP contribution >= 0.6 is 0 Å². The van der Waals surface area contributed by atoms with Gasteiger partial charge in [-0.15, -0.1) is 0 Å². The fourth-order valence-corrected chi connectivity index (χ4v) is 2.21. The van der Waals surface area contributed by atoms with Gasteiger partial charge in [-0.3, -0.25) is 4.90 Å². The van der Waals surface area contributed by atoms with Gasteiger partial charge in [0.05, 0.1) is 12.5 Å². The number of rotatable bonds is 4. The van der Waals surface area contributed by atoms with E-state index in [2.05, 4.69) is 11.0 Å². The molecule has 92 valence electrons. The first-order chi connectivity index (χ1) is 7.53. The van der Waals surface area contributed by atoms with Gasteiger partial charge >= 0.3 is 0 Å². The van der Waals surface area contributed by atoms with Crippen molar-refractivity contribution in [3.8, 4) is 6.07 Å². The van der Waals surface area contributed by atoms with Crippen LogP contribution in [0.25, 0.3) is 0 Å². The van der Waals surface area contributed by atoms with Crippen LogP contribution in [0.2, 0.25) is 0 Å². The Labute approximate surface area is 96.2 Å². The zero-order valence-corrected chi connectivity index (χ0v) is 9.88. The van der Waals surface area contributed by atoms with Gasteiger partial charge in [0.2, 0.25) is 5.92 Å². The maximum atomic E-state index is 12.8. The molecular formula is C12H20F2N2. The van der Waals surface area contributed by atoms with Crippen LogP contribution in [0.5, 0.6) is 0 Å². The molecule has 1 unspecified atom stereocenters. The predicted octanol–water partition coefficient (Wildman–Crippen LogP) is 3.19. The van der Waals surface area contributed by atoms with E-state index in [0.29, 0.717) is 13.0 Å². The summed E-state index contributed by atoms with van der Waals surface area (Å²) in [5.74, 6) is -2.59. The highest BCUT2D eigenvalue weighted by Crippen LogP contribution is 2.22. The summed E-state index contributed by atoms with van der Waals surface area (Å²) in [6, 6.07) is 2.35. The van der Waals surface area contributed by atoms with E-state index in [1.54, 1.807) is 0 Å². The number of alkyl halides is 2. The molecule has 0 aromatic heterocycles. The minimum Gasteiger partial charge on any atom is -0.299 e. The highest BCUT2D eigenvalue weighted by Gasteiger charge is 2.26. The number of halogens is 2. The first-order valence-corrected chi connectivity index (χ1v) is 6.02. The van der Waals surface area contributed by atoms with Crippen LogP contribution < -0.4 is 0 Å². The maximum Gasteiger partial charge on any atom is 0.246 e. The molecule has 0 aliphatic carbocycles. The van der Waals surface area contributed by atoms with Crippen LogP contribution in [0.1, 0.15) is 45.4 Å². The Bertz CT molecular complexity index is 242. The molecule has 1 aliphatic rings. The largest absolute Gasteiger partial charge is 0.299 e. The monoisotopic (exact) mass is 230 g/mol. The van der Waals surface area contributed by atoms with Crippen LogP contribution in [0.4, 0.5) is 8.78 Å². The molecule has 0 radical (unpaired) electrons. The molecule has 1 saturated heterocycles. The predicted molar refractivity (Wildman–Crippen MR) is 59.3 cm³/mol. The molecule has 0 aromatic carbocycles. The topological polar surface area (TPSA) is 27.0 Å². The number of hydrogen-bond acceptors (Lipinski definition) is 2. The second-order valence-electron chi connectivity index (χ2n) is 4.72. The zero-order chi connectivity index (χ0) is 12.0. The molecule has 1 heterocycles. The van der Waals surface area contributed by atoms with Gasteiger partial charge in [0.15, 0.2) is 0 Å². The smallest absolute Gasteiger partial charge is 0.246 e. The van der Waals surface area contributed by atoms with Crippen molar-refractivity contribution in [2.45, 2.75) is 57.4 Å². The molecule has 0 spiro atoms. The third-order valence-electron chi connectivity index (χ3n) is 3.16. The summed E-state index contributed by atoms with van der Waals surface area (Å²) in [4.78, 5) is 2.08. The molecule has 1 fully saturated rings. The van der Waals surface area contributed by atoms with Crippen LogP contribution in [-0.4, -0.2) is 30.0 Å². The molecule has 0 aromatic rings. The Kier molecular flexibility index (Phi) is 5.14. The Balaban J connectivity index is 2.48. The van der Waals surface area contributed by atoms with Gasteiger partial charge < -0.3 is 0 Å². The van der Waals surface area contributed by atoms with Crippen LogP contribution in [-0.2, 0) is 0 Å². The number of likely N-dealkylation sites (tertiary alicyclic amines) is 1. The van der Waals surface area contributed by atoms with Crippen molar-refractivity contribution in [3.05, 3.63) is 0 Å². The molecule has 0 amide bonds. The molecular weight excluding hydrogens is 210 g/mol. The van der Waals surface area contributed by atoms with Crippen LogP contribution in [0.3, 0.4) is 0 Å². The van der Waals surface area contributed by atoms with E-state index in [1.165, 1.54) is 0 Å². The van der Waals surface area contributed by atoms with E-state index in [1.807, 2.05) is 0 Å². The van der Waals surface area contributed by atoms with Gasteiger partial charge in [-0.25, -0.2) is 8.78 Å². The lowest BCUT2D eigenvalue weighted by atomic mass is 10.1. The van der Waals surface area contributed by atoms with Crippen molar-refractivity contribution >= 4 is 0 Å². The summed E-state index contributed by atoms with van der Waals surface area (Å²) >= 11 is 0. The Morgan fingerprint density at radius 1 is 1.38 bits per heavy atom. The average Bonchev–Trinajstić information content (AvgIpc) is 2.40. The first-order valence-electron chi connectivity index (χ1n) is 6.02. The van der Waals surface area contributed by atoms with Gasteiger partial charge in [0.25, 0.3) is 0 Å². The van der Waals surface area contributed by atoms with Gasteiger partial charge in [-0.1, -0.05) is 12.8 Å². The molecule has 0 bridgehead atoms. The number of hydrogen-bond donors (Lipinski definition) is 0. The Morgan fingerprint density at radius 3 is 2.75 bits per heavy atom. The summed E-state index contributed by atoms with van der Waals surface area (Å²) < 4.78 is 25.6. The molecule has 0 saturated carbocycles. The molecule has 4 heteroatoms. The summed E-state index contributed by atoms with van der Waals surface area (Å²) in [7, 11) is 0. The van der Waals surface area contributed by atoms with Crippen molar-refractivity contribution in [1.29, 1.82) is 5.26 Å². The van der Waals surface area contributed by atoms with Crippen molar-refractivity contribution in [3.63, 3.8) is 0 Å². The Morgan fingerprint density at radius 2 is 2.12 bits per heavy atom. The standard InChI is InChI=1S/C12H20F2N2/c1-12(13,14)7-10-16-9-4-2-3-5-11(16)6-8-15/h11H,2-7,9-10H2,1H3. The minimum absolute atomic E-state index is 0.102. The maximum absolute atomic E-state index is 12.8. The highest BCUT2D eigenvalue weighted by atomic mass is 19.3. The Hall–Kier alpha value is -0.690. The molecule has 1 atom stereocenters. The van der Waals surface area contributed by atoms with E-state index in [9.17, 15) is 8.78 Å². The number of nitrogens with zero attached hydrogens (tertiary/aromatic N) is 2. The van der Waals surface area contributed by atoms with E-state index in [4.69, 9.17) is 5.26 Å². The first kappa shape index (κ1) is 13.4. The van der Waals surface area contributed by atoms with E-state index in [-0.39, 0.29) is 12.5 Å². The fraction of sp³-hybridized carbons (Fsp3) is 0.917. The van der Waals surface area contributed by atoms with Crippen molar-refractivity contribution in [2.75, 3.05) is 13.1 Å². The zero-order valence-electron chi connectivity index (χ0n) is 9.88. The quantitative estimate of drug-likeness (QED) is 0.741. The third kappa shape index (κ3) is 4.89. The van der Waals surface area contributed by atoms with Crippen molar-refractivity contribution in [2.24, 2.45) is 0 Å². The molecule has 16 heavy (non-hydrogen) atoms. The van der Waals surface area contributed by atoms with Crippen molar-refractivity contribution < 1.29 is 8.78 Å². The third-order valence-corrected chi connectivity index (χ3v) is 3.16. The van der Waals surface area contributed by atoms with Gasteiger partial charge in [0.1, 0.15) is 0 Å². The molecule has 2 nitrogen and oxygen atoms in total. The SMILES string of the molecule is CC(F)(F)CCN1CCCCCC1CC#N. The summed E-state index contributed by atoms with van der Waals surface area (Å²) in [6.45, 7) is 2.24. The minimum atomic E-state index is -2.59. The van der Waals surface area contributed by atoms with Crippen LogP contribution in [0, 0.1) is 11.3 Å². The van der Waals surface area contributed by atoms with Crippen LogP contribution in [0.15, 0.2) is 0 Å². The van der Waals surface area contributed by atoms with E-state index in [0.717, 1.165) is 39.2 Å². The van der Waals surface area contributed by atoms with E-state index < -0.39 is 5.92 Å². The van der Waals surface area contributed by atoms with Gasteiger partial charge in [-0.2, -0.15) is 5.26 Å². The second-order valence-corrected chi connectivity index (χ2v) is 4.72. The summed E-state index contributed by atoms with van der Waals surface area (Å²) in [5, 5.41) is 8.73. The highest BCUT2D eigenvalue weighted by molar-refractivity contribution is 4.85. The normalized spacial score (nSPS) is 23.8. The molecule has 1 aliphatic heterocycles. The molecule has 1 rings (SSSR count).